The van der Waals surface area contributed by atoms with Crippen LogP contribution in [0.3, 0.4) is 0 Å². The largest absolute Gasteiger partial charge is 0.370 e. The van der Waals surface area contributed by atoms with Crippen LogP contribution in [-0.4, -0.2) is 35.9 Å². The number of nitrogens with zero attached hydrogens (tertiary/aromatic N) is 2. The number of rotatable bonds is 6. The lowest BCUT2D eigenvalue weighted by Crippen LogP contribution is -2.29. The molecule has 1 fully saturated rings. The molecule has 0 radical (unpaired) electrons. The molecule has 0 spiro atoms. The van der Waals surface area contributed by atoms with Crippen LogP contribution >= 0.6 is 11.6 Å². The lowest BCUT2D eigenvalue weighted by atomic mass is 10.3. The SMILES string of the molecule is CCCNc1ccc(Cl)c(C(=O)N(C)CC2CC2)n1. The van der Waals surface area contributed by atoms with Crippen LogP contribution in [0.4, 0.5) is 5.82 Å². The standard InChI is InChI=1S/C14H20ClN3O/c1-3-8-16-12-7-6-11(15)13(17-12)14(19)18(2)9-10-4-5-10/h6-7,10H,3-5,8-9H2,1-2H3,(H,16,17). The van der Waals surface area contributed by atoms with Crippen molar-refractivity contribution in [3.63, 3.8) is 0 Å². The number of aromatic nitrogens is 1. The molecule has 0 atom stereocenters. The van der Waals surface area contributed by atoms with Gasteiger partial charge in [0.15, 0.2) is 0 Å². The van der Waals surface area contributed by atoms with Crippen molar-refractivity contribution in [2.75, 3.05) is 25.5 Å². The second-order valence-corrected chi connectivity index (χ2v) is 5.49. The van der Waals surface area contributed by atoms with E-state index in [4.69, 9.17) is 11.6 Å². The number of hydrogen-bond donors (Lipinski definition) is 1. The highest BCUT2D eigenvalue weighted by Gasteiger charge is 2.26. The molecule has 0 aliphatic heterocycles. The predicted molar refractivity (Wildman–Crippen MR) is 77.7 cm³/mol. The van der Waals surface area contributed by atoms with Gasteiger partial charge in [-0.15, -0.1) is 0 Å². The van der Waals surface area contributed by atoms with E-state index in [-0.39, 0.29) is 5.91 Å². The minimum absolute atomic E-state index is 0.1000. The molecule has 4 nitrogen and oxygen atoms in total. The first-order valence-corrected chi connectivity index (χ1v) is 7.15. The van der Waals surface area contributed by atoms with E-state index in [0.717, 1.165) is 19.5 Å². The Kier molecular flexibility index (Phi) is 4.64. The van der Waals surface area contributed by atoms with Gasteiger partial charge in [-0.25, -0.2) is 4.98 Å². The third-order valence-corrected chi connectivity index (χ3v) is 3.49. The molecule has 1 aliphatic carbocycles. The molecule has 2 rings (SSSR count). The Labute approximate surface area is 119 Å². The van der Waals surface area contributed by atoms with Gasteiger partial charge in [-0.05, 0) is 37.3 Å². The maximum absolute atomic E-state index is 12.3. The van der Waals surface area contributed by atoms with Crippen molar-refractivity contribution in [2.45, 2.75) is 26.2 Å². The molecule has 1 heterocycles. The lowest BCUT2D eigenvalue weighted by Gasteiger charge is -2.17. The minimum atomic E-state index is -0.1000. The highest BCUT2D eigenvalue weighted by Crippen LogP contribution is 2.30. The third kappa shape index (κ3) is 3.83. The molecule has 5 heteroatoms. The number of amides is 1. The maximum Gasteiger partial charge on any atom is 0.273 e. The summed E-state index contributed by atoms with van der Waals surface area (Å²) in [6, 6.07) is 3.53. The second-order valence-electron chi connectivity index (χ2n) is 5.08. The van der Waals surface area contributed by atoms with E-state index in [9.17, 15) is 4.79 Å². The summed E-state index contributed by atoms with van der Waals surface area (Å²) in [5.74, 6) is 1.26. The van der Waals surface area contributed by atoms with Gasteiger partial charge in [0.1, 0.15) is 11.5 Å². The monoisotopic (exact) mass is 281 g/mol. The number of pyridine rings is 1. The van der Waals surface area contributed by atoms with Crippen molar-refractivity contribution >= 4 is 23.3 Å². The van der Waals surface area contributed by atoms with Crippen molar-refractivity contribution in [1.29, 1.82) is 0 Å². The van der Waals surface area contributed by atoms with E-state index in [0.29, 0.717) is 22.5 Å². The first-order chi connectivity index (χ1) is 9.11. The number of hydrogen-bond acceptors (Lipinski definition) is 3. The summed E-state index contributed by atoms with van der Waals surface area (Å²) in [5, 5.41) is 3.58. The van der Waals surface area contributed by atoms with Crippen LogP contribution < -0.4 is 5.32 Å². The molecular weight excluding hydrogens is 262 g/mol. The van der Waals surface area contributed by atoms with Gasteiger partial charge in [0.05, 0.1) is 5.02 Å². The van der Waals surface area contributed by atoms with E-state index in [1.54, 1.807) is 17.0 Å². The van der Waals surface area contributed by atoms with Crippen LogP contribution in [0, 0.1) is 5.92 Å². The fourth-order valence-electron chi connectivity index (χ4n) is 1.90. The summed E-state index contributed by atoms with van der Waals surface area (Å²) >= 11 is 6.08. The molecule has 104 valence electrons. The van der Waals surface area contributed by atoms with Crippen LogP contribution in [0.2, 0.25) is 5.02 Å². The molecule has 1 N–H and O–H groups in total. The average Bonchev–Trinajstić information content (AvgIpc) is 3.21. The summed E-state index contributed by atoms with van der Waals surface area (Å²) in [5.41, 5.74) is 0.339. The molecule has 1 aliphatic rings. The van der Waals surface area contributed by atoms with Gasteiger partial charge in [0.2, 0.25) is 0 Å². The highest BCUT2D eigenvalue weighted by molar-refractivity contribution is 6.33. The van der Waals surface area contributed by atoms with Gasteiger partial charge in [-0.2, -0.15) is 0 Å². The normalized spacial score (nSPS) is 14.3. The Morgan fingerprint density at radius 3 is 2.89 bits per heavy atom. The van der Waals surface area contributed by atoms with Gasteiger partial charge in [0, 0.05) is 20.1 Å². The summed E-state index contributed by atoms with van der Waals surface area (Å²) in [4.78, 5) is 18.3. The van der Waals surface area contributed by atoms with E-state index in [2.05, 4.69) is 17.2 Å². The van der Waals surface area contributed by atoms with Gasteiger partial charge in [-0.3, -0.25) is 4.79 Å². The van der Waals surface area contributed by atoms with Crippen molar-refractivity contribution in [2.24, 2.45) is 5.92 Å². The second kappa shape index (κ2) is 6.24. The molecule has 0 aromatic carbocycles. The smallest absolute Gasteiger partial charge is 0.273 e. The zero-order valence-electron chi connectivity index (χ0n) is 11.4. The van der Waals surface area contributed by atoms with Crippen LogP contribution in [0.25, 0.3) is 0 Å². The van der Waals surface area contributed by atoms with Crippen LogP contribution in [-0.2, 0) is 0 Å². The fourth-order valence-corrected chi connectivity index (χ4v) is 2.08. The molecule has 1 aromatic heterocycles. The number of carbonyl (C=O) groups excluding carboxylic acids is 1. The quantitative estimate of drug-likeness (QED) is 0.872. The summed E-state index contributed by atoms with van der Waals surface area (Å²) in [7, 11) is 1.81. The van der Waals surface area contributed by atoms with Crippen LogP contribution in [0.5, 0.6) is 0 Å². The molecule has 0 unspecified atom stereocenters. The first-order valence-electron chi connectivity index (χ1n) is 6.77. The Balaban J connectivity index is 2.09. The zero-order valence-corrected chi connectivity index (χ0v) is 12.2. The summed E-state index contributed by atoms with van der Waals surface area (Å²) in [6.07, 6.45) is 3.45. The molecule has 0 saturated heterocycles. The van der Waals surface area contributed by atoms with Crippen molar-refractivity contribution in [3.8, 4) is 0 Å². The van der Waals surface area contributed by atoms with Crippen molar-refractivity contribution in [1.82, 2.24) is 9.88 Å². The Hall–Kier alpha value is -1.29. The summed E-state index contributed by atoms with van der Waals surface area (Å²) < 4.78 is 0. The molecule has 1 saturated carbocycles. The van der Waals surface area contributed by atoms with Gasteiger partial charge in [-0.1, -0.05) is 18.5 Å². The van der Waals surface area contributed by atoms with E-state index in [1.807, 2.05) is 7.05 Å². The molecule has 1 amide bonds. The summed E-state index contributed by atoms with van der Waals surface area (Å²) in [6.45, 7) is 3.71. The van der Waals surface area contributed by atoms with Crippen LogP contribution in [0.1, 0.15) is 36.7 Å². The van der Waals surface area contributed by atoms with E-state index in [1.165, 1.54) is 12.8 Å². The number of anilines is 1. The zero-order chi connectivity index (χ0) is 13.8. The number of nitrogens with one attached hydrogen (secondary N) is 1. The van der Waals surface area contributed by atoms with E-state index >= 15 is 0 Å². The molecule has 1 aromatic rings. The molecule has 0 bridgehead atoms. The van der Waals surface area contributed by atoms with E-state index < -0.39 is 0 Å². The highest BCUT2D eigenvalue weighted by atomic mass is 35.5. The van der Waals surface area contributed by atoms with Gasteiger partial charge >= 0.3 is 0 Å². The molecule has 19 heavy (non-hydrogen) atoms. The lowest BCUT2D eigenvalue weighted by molar-refractivity contribution is 0.0783. The maximum atomic E-state index is 12.3. The molecular formula is C14H20ClN3O. The fraction of sp³-hybridized carbons (Fsp3) is 0.571. The average molecular weight is 282 g/mol. The minimum Gasteiger partial charge on any atom is -0.370 e. The Morgan fingerprint density at radius 2 is 2.26 bits per heavy atom. The van der Waals surface area contributed by atoms with Crippen molar-refractivity contribution in [3.05, 3.63) is 22.8 Å². The van der Waals surface area contributed by atoms with Crippen LogP contribution in [0.15, 0.2) is 12.1 Å². The number of carbonyl (C=O) groups is 1. The van der Waals surface area contributed by atoms with Gasteiger partial charge < -0.3 is 10.2 Å². The topological polar surface area (TPSA) is 45.2 Å². The third-order valence-electron chi connectivity index (χ3n) is 3.18. The Morgan fingerprint density at radius 1 is 1.53 bits per heavy atom. The van der Waals surface area contributed by atoms with Crippen molar-refractivity contribution < 1.29 is 4.79 Å². The Bertz CT molecular complexity index is 460. The first kappa shape index (κ1) is 14.1. The predicted octanol–water partition coefficient (Wildman–Crippen LogP) is 3.04. The van der Waals surface area contributed by atoms with Gasteiger partial charge in [0.25, 0.3) is 5.91 Å². The number of halogens is 1.